The van der Waals surface area contributed by atoms with Crippen LogP contribution >= 0.6 is 0 Å². The van der Waals surface area contributed by atoms with Crippen molar-refractivity contribution in [3.8, 4) is 28.0 Å². The number of furan rings is 1. The van der Waals surface area contributed by atoms with Crippen molar-refractivity contribution in [3.05, 3.63) is 114 Å². The van der Waals surface area contributed by atoms with E-state index in [-0.39, 0.29) is 18.8 Å². The van der Waals surface area contributed by atoms with E-state index in [4.69, 9.17) is 14.9 Å². The lowest BCUT2D eigenvalue weighted by atomic mass is 9.95. The molecule has 6 heteroatoms. The third-order valence-electron chi connectivity index (χ3n) is 6.10. The van der Waals surface area contributed by atoms with E-state index in [1.807, 2.05) is 42.5 Å². The van der Waals surface area contributed by atoms with Crippen LogP contribution in [0.5, 0.6) is 5.75 Å². The van der Waals surface area contributed by atoms with Crippen LogP contribution in [-0.4, -0.2) is 11.1 Å². The first kappa shape index (κ1) is 23.3. The van der Waals surface area contributed by atoms with E-state index >= 15 is 0 Å². The number of hydrogen-bond donors (Lipinski definition) is 2. The average molecular weight is 482 g/mol. The zero-order valence-electron chi connectivity index (χ0n) is 19.4. The minimum Gasteiger partial charge on any atom is -0.488 e. The smallest absolute Gasteiger partial charge is 0.307 e. The molecule has 1 heterocycles. The molecule has 5 nitrogen and oxygen atoms in total. The number of carboxylic acid groups (broad SMARTS) is 1. The van der Waals surface area contributed by atoms with Crippen molar-refractivity contribution in [3.63, 3.8) is 0 Å². The Labute approximate surface area is 207 Å². The molecule has 0 saturated carbocycles. The quantitative estimate of drug-likeness (QED) is 0.262. The molecule has 1 aromatic heterocycles. The number of para-hydroxylation sites is 1. The molecule has 180 valence electrons. The van der Waals surface area contributed by atoms with Crippen LogP contribution in [0.15, 0.2) is 95.6 Å². The van der Waals surface area contributed by atoms with Gasteiger partial charge in [-0.2, -0.15) is 0 Å². The topological polar surface area (TPSA) is 85.7 Å². The van der Waals surface area contributed by atoms with Gasteiger partial charge in [-0.25, -0.2) is 4.39 Å². The van der Waals surface area contributed by atoms with Gasteiger partial charge in [0.2, 0.25) is 0 Å². The summed E-state index contributed by atoms with van der Waals surface area (Å²) in [6.07, 6.45) is 1.52. The molecule has 0 atom stereocenters. The number of ether oxygens (including phenoxy) is 1. The molecule has 0 fully saturated rings. The number of nitrogens with two attached hydrogens (primary N) is 1. The summed E-state index contributed by atoms with van der Waals surface area (Å²) in [5.41, 5.74) is 12.6. The number of aliphatic carboxylic acids is 1. The SMILES string of the molecule is NCc1cccc(-c2cc(-c3ccc(F)cc3)c3occ(COc4ccccc4CC(=O)O)c3c2)c1. The van der Waals surface area contributed by atoms with Gasteiger partial charge >= 0.3 is 5.97 Å². The normalized spacial score (nSPS) is 11.1. The number of fused-ring (bicyclic) bond motifs is 1. The van der Waals surface area contributed by atoms with E-state index in [0.29, 0.717) is 23.4 Å². The maximum atomic E-state index is 13.6. The molecule has 0 amide bonds. The zero-order valence-corrected chi connectivity index (χ0v) is 19.4. The van der Waals surface area contributed by atoms with Crippen LogP contribution in [0.4, 0.5) is 4.39 Å². The van der Waals surface area contributed by atoms with Crippen molar-refractivity contribution in [1.82, 2.24) is 0 Å². The van der Waals surface area contributed by atoms with E-state index in [1.165, 1.54) is 12.1 Å². The Hall–Kier alpha value is -4.42. The molecule has 0 aliphatic heterocycles. The fourth-order valence-corrected chi connectivity index (χ4v) is 4.30. The van der Waals surface area contributed by atoms with Crippen molar-refractivity contribution in [2.45, 2.75) is 19.6 Å². The van der Waals surface area contributed by atoms with E-state index in [9.17, 15) is 14.3 Å². The lowest BCUT2D eigenvalue weighted by molar-refractivity contribution is -0.136. The van der Waals surface area contributed by atoms with Crippen LogP contribution in [-0.2, 0) is 24.4 Å². The summed E-state index contributed by atoms with van der Waals surface area (Å²) in [7, 11) is 0. The molecule has 5 rings (SSSR count). The van der Waals surface area contributed by atoms with Crippen molar-refractivity contribution in [2.75, 3.05) is 0 Å². The second kappa shape index (κ2) is 10.1. The molecule has 0 bridgehead atoms. The Morgan fingerprint density at radius 1 is 0.889 bits per heavy atom. The lowest BCUT2D eigenvalue weighted by Gasteiger charge is -2.11. The van der Waals surface area contributed by atoms with Gasteiger partial charge in [0.05, 0.1) is 12.7 Å². The number of halogens is 1. The largest absolute Gasteiger partial charge is 0.488 e. The maximum absolute atomic E-state index is 13.6. The van der Waals surface area contributed by atoms with E-state index < -0.39 is 5.97 Å². The number of carboxylic acids is 1. The van der Waals surface area contributed by atoms with E-state index in [0.717, 1.165) is 38.8 Å². The molecule has 3 N–H and O–H groups in total. The first-order valence-electron chi connectivity index (χ1n) is 11.5. The molecule has 5 aromatic rings. The highest BCUT2D eigenvalue weighted by atomic mass is 19.1. The minimum atomic E-state index is -0.923. The first-order chi connectivity index (χ1) is 17.5. The molecule has 36 heavy (non-hydrogen) atoms. The van der Waals surface area contributed by atoms with Gasteiger partial charge in [-0.3, -0.25) is 4.79 Å². The predicted octanol–water partition coefficient (Wildman–Crippen LogP) is 6.57. The highest BCUT2D eigenvalue weighted by Gasteiger charge is 2.16. The third-order valence-corrected chi connectivity index (χ3v) is 6.10. The van der Waals surface area contributed by atoms with E-state index in [1.54, 1.807) is 36.6 Å². The molecule has 4 aromatic carbocycles. The average Bonchev–Trinajstić information content (AvgIpc) is 3.31. The summed E-state index contributed by atoms with van der Waals surface area (Å²) >= 11 is 0. The molecule has 0 aliphatic carbocycles. The van der Waals surface area contributed by atoms with Crippen LogP contribution in [0.2, 0.25) is 0 Å². The molecule has 0 spiro atoms. The number of carbonyl (C=O) groups is 1. The minimum absolute atomic E-state index is 0.126. The van der Waals surface area contributed by atoms with Crippen molar-refractivity contribution in [1.29, 1.82) is 0 Å². The van der Waals surface area contributed by atoms with Crippen molar-refractivity contribution < 1.29 is 23.4 Å². The fourth-order valence-electron chi connectivity index (χ4n) is 4.30. The Bertz CT molecular complexity index is 1540. The van der Waals surface area contributed by atoms with Gasteiger partial charge in [0, 0.05) is 28.6 Å². The van der Waals surface area contributed by atoms with Crippen molar-refractivity contribution in [2.24, 2.45) is 5.73 Å². The summed E-state index contributed by atoms with van der Waals surface area (Å²) in [6, 6.07) is 25.5. The Morgan fingerprint density at radius 2 is 1.69 bits per heavy atom. The lowest BCUT2D eigenvalue weighted by Crippen LogP contribution is -2.04. The van der Waals surface area contributed by atoms with Crippen LogP contribution < -0.4 is 10.5 Å². The molecule has 0 aliphatic rings. The van der Waals surface area contributed by atoms with Gasteiger partial charge in [0.1, 0.15) is 23.8 Å². The van der Waals surface area contributed by atoms with Gasteiger partial charge in [-0.15, -0.1) is 0 Å². The number of benzene rings is 4. The summed E-state index contributed by atoms with van der Waals surface area (Å²) in [5, 5.41) is 10.1. The molecular formula is C30H24FNO4. The highest BCUT2D eigenvalue weighted by molar-refractivity contribution is 5.98. The number of hydrogen-bond acceptors (Lipinski definition) is 4. The standard InChI is InChI=1S/C30H24FNO4/c31-25-10-8-20(9-11-25)26-13-23(21-6-3-4-19(12-21)16-32)14-27-24(18-36-30(26)27)17-35-28-7-2-1-5-22(28)15-29(33)34/h1-14,18H,15-17,32H2,(H,33,34). The maximum Gasteiger partial charge on any atom is 0.307 e. The fraction of sp³-hybridized carbons (Fsp3) is 0.100. The number of rotatable bonds is 8. The molecular weight excluding hydrogens is 457 g/mol. The summed E-state index contributed by atoms with van der Waals surface area (Å²) in [4.78, 5) is 11.2. The van der Waals surface area contributed by atoms with Crippen LogP contribution in [0, 0.1) is 5.82 Å². The van der Waals surface area contributed by atoms with Gasteiger partial charge in [0.25, 0.3) is 0 Å². The molecule has 0 saturated heterocycles. The summed E-state index contributed by atoms with van der Waals surface area (Å²) < 4.78 is 25.7. The summed E-state index contributed by atoms with van der Waals surface area (Å²) in [5.74, 6) is -0.719. The van der Waals surface area contributed by atoms with E-state index in [2.05, 4.69) is 0 Å². The van der Waals surface area contributed by atoms with Crippen molar-refractivity contribution >= 4 is 16.9 Å². The predicted molar refractivity (Wildman–Crippen MR) is 137 cm³/mol. The van der Waals surface area contributed by atoms with Crippen LogP contribution in [0.25, 0.3) is 33.2 Å². The highest BCUT2D eigenvalue weighted by Crippen LogP contribution is 2.37. The van der Waals surface area contributed by atoms with Crippen LogP contribution in [0.1, 0.15) is 16.7 Å². The molecule has 0 unspecified atom stereocenters. The second-order valence-corrected chi connectivity index (χ2v) is 8.54. The molecule has 0 radical (unpaired) electrons. The van der Waals surface area contributed by atoms with Gasteiger partial charge in [-0.1, -0.05) is 48.5 Å². The van der Waals surface area contributed by atoms with Gasteiger partial charge in [-0.05, 0) is 58.7 Å². The Kier molecular flexibility index (Phi) is 6.52. The van der Waals surface area contributed by atoms with Gasteiger partial charge < -0.3 is 20.0 Å². The first-order valence-corrected chi connectivity index (χ1v) is 11.5. The zero-order chi connectivity index (χ0) is 25.1. The summed E-state index contributed by atoms with van der Waals surface area (Å²) in [6.45, 7) is 0.625. The van der Waals surface area contributed by atoms with Gasteiger partial charge in [0.15, 0.2) is 0 Å². The monoisotopic (exact) mass is 481 g/mol. The Morgan fingerprint density at radius 3 is 2.47 bits per heavy atom. The Balaban J connectivity index is 1.59. The second-order valence-electron chi connectivity index (χ2n) is 8.54. The van der Waals surface area contributed by atoms with Crippen LogP contribution in [0.3, 0.4) is 0 Å². The third kappa shape index (κ3) is 4.85.